The number of carbonyl (C=O) groups is 1. The Morgan fingerprint density at radius 3 is 2.91 bits per heavy atom. The molecule has 0 saturated carbocycles. The predicted molar refractivity (Wildman–Crippen MR) is 80.8 cm³/mol. The van der Waals surface area contributed by atoms with Gasteiger partial charge in [-0.2, -0.15) is 5.10 Å². The van der Waals surface area contributed by atoms with Gasteiger partial charge in [-0.1, -0.05) is 23.5 Å². The molecule has 1 aromatic carbocycles. The summed E-state index contributed by atoms with van der Waals surface area (Å²) in [5.41, 5.74) is 0.372. The second-order valence-corrected chi connectivity index (χ2v) is 5.44. The number of amides is 1. The molecule has 2 heterocycles. The average molecular weight is 317 g/mol. The van der Waals surface area contributed by atoms with E-state index >= 15 is 0 Å². The van der Waals surface area contributed by atoms with Gasteiger partial charge in [-0.3, -0.25) is 9.48 Å². The molecule has 0 aliphatic carbocycles. The highest BCUT2D eigenvalue weighted by atomic mass is 32.1. The third-order valence-corrected chi connectivity index (χ3v) is 3.77. The number of hydrogen-bond acceptors (Lipinski definition) is 5. The topological polar surface area (TPSA) is 72.7 Å². The zero-order chi connectivity index (χ0) is 15.4. The van der Waals surface area contributed by atoms with Crippen LogP contribution in [-0.2, 0) is 11.3 Å². The molecule has 0 radical (unpaired) electrons. The molecule has 0 aliphatic rings. The molecule has 0 unspecified atom stereocenters. The number of anilines is 1. The predicted octanol–water partition coefficient (Wildman–Crippen LogP) is 2.57. The first-order valence-corrected chi connectivity index (χ1v) is 7.40. The molecule has 6 nitrogen and oxygen atoms in total. The zero-order valence-corrected chi connectivity index (χ0v) is 12.3. The number of aromatic nitrogens is 4. The van der Waals surface area contributed by atoms with Crippen LogP contribution in [0.5, 0.6) is 0 Å². The minimum atomic E-state index is -0.366. The van der Waals surface area contributed by atoms with Crippen LogP contribution in [0.1, 0.15) is 6.42 Å². The molecule has 22 heavy (non-hydrogen) atoms. The molecule has 0 bridgehead atoms. The third kappa shape index (κ3) is 3.34. The smallest absolute Gasteiger partial charge is 0.228 e. The van der Waals surface area contributed by atoms with Gasteiger partial charge in [0, 0.05) is 30.9 Å². The number of aryl methyl sites for hydroxylation is 1. The molecule has 1 amide bonds. The lowest BCUT2D eigenvalue weighted by Gasteiger charge is -2.01. The minimum Gasteiger partial charge on any atom is -0.300 e. The van der Waals surface area contributed by atoms with E-state index in [1.807, 2.05) is 0 Å². The van der Waals surface area contributed by atoms with Crippen molar-refractivity contribution in [3.63, 3.8) is 0 Å². The minimum absolute atomic E-state index is 0.188. The quantitative estimate of drug-likeness (QED) is 0.785. The molecule has 0 atom stereocenters. The summed E-state index contributed by atoms with van der Waals surface area (Å²) in [5.74, 6) is -0.554. The summed E-state index contributed by atoms with van der Waals surface area (Å²) in [7, 11) is 0. The van der Waals surface area contributed by atoms with Crippen LogP contribution in [0, 0.1) is 5.82 Å². The maximum absolute atomic E-state index is 13.7. The van der Waals surface area contributed by atoms with Gasteiger partial charge in [0.2, 0.25) is 11.0 Å². The van der Waals surface area contributed by atoms with E-state index in [1.54, 1.807) is 41.3 Å². The van der Waals surface area contributed by atoms with Crippen LogP contribution in [0.4, 0.5) is 9.52 Å². The molecule has 1 N–H and O–H groups in total. The molecular formula is C14H12FN5OS. The molecule has 0 fully saturated rings. The second-order valence-electron chi connectivity index (χ2n) is 4.46. The molecule has 8 heteroatoms. The number of nitrogens with one attached hydrogen (secondary N) is 1. The van der Waals surface area contributed by atoms with Crippen LogP contribution in [0.15, 0.2) is 42.7 Å². The van der Waals surface area contributed by atoms with E-state index in [9.17, 15) is 9.18 Å². The highest BCUT2D eigenvalue weighted by Gasteiger charge is 2.12. The standard InChI is InChI=1S/C14H12FN5OS/c15-11-5-2-1-4-10(11)13-18-19-14(22-13)17-12(21)6-9-20-8-3-7-16-20/h1-5,7-8H,6,9H2,(H,17,19,21). The van der Waals surface area contributed by atoms with E-state index in [4.69, 9.17) is 0 Å². The Bertz CT molecular complexity index is 771. The van der Waals surface area contributed by atoms with Crippen LogP contribution in [-0.4, -0.2) is 25.9 Å². The summed E-state index contributed by atoms with van der Waals surface area (Å²) < 4.78 is 15.3. The molecular weight excluding hydrogens is 305 g/mol. The van der Waals surface area contributed by atoms with Crippen molar-refractivity contribution in [2.45, 2.75) is 13.0 Å². The second kappa shape index (κ2) is 6.44. The summed E-state index contributed by atoms with van der Waals surface area (Å²) >= 11 is 1.14. The first kappa shape index (κ1) is 14.3. The Kier molecular flexibility index (Phi) is 4.19. The number of halogens is 1. The number of hydrogen-bond donors (Lipinski definition) is 1. The lowest BCUT2D eigenvalue weighted by atomic mass is 10.2. The Balaban J connectivity index is 1.62. The SMILES string of the molecule is O=C(CCn1cccn1)Nc1nnc(-c2ccccc2F)s1. The highest BCUT2D eigenvalue weighted by molar-refractivity contribution is 7.18. The molecule has 2 aromatic heterocycles. The summed E-state index contributed by atoms with van der Waals surface area (Å²) in [6, 6.07) is 8.11. The Morgan fingerprint density at radius 2 is 2.14 bits per heavy atom. The van der Waals surface area contributed by atoms with Gasteiger partial charge < -0.3 is 5.32 Å². The molecule has 3 rings (SSSR count). The molecule has 112 valence electrons. The molecule has 0 aliphatic heterocycles. The summed E-state index contributed by atoms with van der Waals surface area (Å²) in [4.78, 5) is 11.8. The van der Waals surface area contributed by atoms with Crippen LogP contribution in [0.25, 0.3) is 10.6 Å². The molecule has 0 saturated heterocycles. The number of rotatable bonds is 5. The summed E-state index contributed by atoms with van der Waals surface area (Å²) in [6.45, 7) is 0.484. The van der Waals surface area contributed by atoms with Crippen LogP contribution in [0.2, 0.25) is 0 Å². The Labute approximate surface area is 129 Å². The van der Waals surface area contributed by atoms with E-state index in [0.29, 0.717) is 22.2 Å². The van der Waals surface area contributed by atoms with Crippen LogP contribution >= 0.6 is 11.3 Å². The van der Waals surface area contributed by atoms with Gasteiger partial charge in [0.05, 0.1) is 0 Å². The lowest BCUT2D eigenvalue weighted by molar-refractivity contribution is -0.116. The highest BCUT2D eigenvalue weighted by Crippen LogP contribution is 2.28. The first-order valence-electron chi connectivity index (χ1n) is 6.58. The largest absolute Gasteiger partial charge is 0.300 e. The number of benzene rings is 1. The van der Waals surface area contributed by atoms with E-state index < -0.39 is 0 Å². The van der Waals surface area contributed by atoms with Gasteiger partial charge in [-0.05, 0) is 18.2 Å². The normalized spacial score (nSPS) is 10.6. The summed E-state index contributed by atoms with van der Waals surface area (Å²) in [5, 5.41) is 15.2. The van der Waals surface area contributed by atoms with Gasteiger partial charge in [-0.15, -0.1) is 10.2 Å². The van der Waals surface area contributed by atoms with Gasteiger partial charge in [0.1, 0.15) is 5.82 Å². The van der Waals surface area contributed by atoms with Crippen LogP contribution in [0.3, 0.4) is 0 Å². The Morgan fingerprint density at radius 1 is 1.27 bits per heavy atom. The maximum Gasteiger partial charge on any atom is 0.228 e. The van der Waals surface area contributed by atoms with Crippen molar-refractivity contribution in [3.05, 3.63) is 48.5 Å². The zero-order valence-electron chi connectivity index (χ0n) is 11.4. The number of nitrogens with zero attached hydrogens (tertiary/aromatic N) is 4. The van der Waals surface area contributed by atoms with Crippen molar-refractivity contribution in [2.24, 2.45) is 0 Å². The van der Waals surface area contributed by atoms with Crippen molar-refractivity contribution < 1.29 is 9.18 Å². The van der Waals surface area contributed by atoms with Crippen molar-refractivity contribution in [2.75, 3.05) is 5.32 Å². The average Bonchev–Trinajstić information content (AvgIpc) is 3.17. The Hall–Kier alpha value is -2.61. The van der Waals surface area contributed by atoms with Gasteiger partial charge in [-0.25, -0.2) is 4.39 Å². The van der Waals surface area contributed by atoms with Gasteiger partial charge in [0.15, 0.2) is 5.01 Å². The fourth-order valence-corrected chi connectivity index (χ4v) is 2.63. The van der Waals surface area contributed by atoms with E-state index in [1.165, 1.54) is 6.07 Å². The third-order valence-electron chi connectivity index (χ3n) is 2.90. The van der Waals surface area contributed by atoms with Gasteiger partial charge >= 0.3 is 0 Å². The van der Waals surface area contributed by atoms with Crippen LogP contribution < -0.4 is 5.32 Å². The molecule has 0 spiro atoms. The van der Waals surface area contributed by atoms with E-state index in [2.05, 4.69) is 20.6 Å². The monoisotopic (exact) mass is 317 g/mol. The fraction of sp³-hybridized carbons (Fsp3) is 0.143. The summed E-state index contributed by atoms with van der Waals surface area (Å²) in [6.07, 6.45) is 3.72. The van der Waals surface area contributed by atoms with E-state index in [0.717, 1.165) is 11.3 Å². The maximum atomic E-state index is 13.7. The fourth-order valence-electron chi connectivity index (χ4n) is 1.85. The van der Waals surface area contributed by atoms with Crippen molar-refractivity contribution in [3.8, 4) is 10.6 Å². The van der Waals surface area contributed by atoms with Crippen molar-refractivity contribution in [1.82, 2.24) is 20.0 Å². The number of carbonyl (C=O) groups excluding carboxylic acids is 1. The molecule has 3 aromatic rings. The lowest BCUT2D eigenvalue weighted by Crippen LogP contribution is -2.14. The first-order chi connectivity index (χ1) is 10.7. The van der Waals surface area contributed by atoms with Crippen molar-refractivity contribution in [1.29, 1.82) is 0 Å². The van der Waals surface area contributed by atoms with E-state index in [-0.39, 0.29) is 18.1 Å². The van der Waals surface area contributed by atoms with Gasteiger partial charge in [0.25, 0.3) is 0 Å². The van der Waals surface area contributed by atoms with Crippen molar-refractivity contribution >= 4 is 22.4 Å².